The van der Waals surface area contributed by atoms with Crippen molar-refractivity contribution in [1.29, 1.82) is 0 Å². The molecule has 18 heavy (non-hydrogen) atoms. The van der Waals surface area contributed by atoms with Gasteiger partial charge in [0.05, 0.1) is 0 Å². The molecule has 0 fully saturated rings. The van der Waals surface area contributed by atoms with Gasteiger partial charge in [-0.05, 0) is 42.7 Å². The zero-order chi connectivity index (χ0) is 12.5. The molecule has 0 aromatic heterocycles. The molecule has 92 valence electrons. The van der Waals surface area contributed by atoms with E-state index in [1.54, 1.807) is 0 Å². The molecule has 2 aromatic carbocycles. The minimum Gasteiger partial charge on any atom is -0.399 e. The van der Waals surface area contributed by atoms with Crippen LogP contribution in [-0.2, 0) is 13.0 Å². The van der Waals surface area contributed by atoms with Crippen molar-refractivity contribution in [3.8, 4) is 0 Å². The number of fused-ring (bicyclic) bond motifs is 1. The second-order valence-corrected chi connectivity index (χ2v) is 5.05. The van der Waals surface area contributed by atoms with Gasteiger partial charge in [0.15, 0.2) is 0 Å². The number of rotatable bonds is 2. The van der Waals surface area contributed by atoms with Crippen molar-refractivity contribution in [2.45, 2.75) is 25.9 Å². The molecule has 1 atom stereocenters. The Bertz CT molecular complexity index is 563. The fraction of sp³-hybridized carbons (Fsp3) is 0.250. The standard InChI is InChI=1S/C16H18N2/c1-12-9-14-6-2-3-8-16(14)18(12)11-13-5-4-7-15(17)10-13/h2-8,10,12H,9,11,17H2,1H3. The van der Waals surface area contributed by atoms with Gasteiger partial charge in [0, 0.05) is 24.0 Å². The highest BCUT2D eigenvalue weighted by atomic mass is 15.2. The Morgan fingerprint density at radius 2 is 2.00 bits per heavy atom. The summed E-state index contributed by atoms with van der Waals surface area (Å²) in [7, 11) is 0. The number of nitrogens with zero attached hydrogens (tertiary/aromatic N) is 1. The molecule has 0 aliphatic carbocycles. The Labute approximate surface area is 108 Å². The average Bonchev–Trinajstić information content (AvgIpc) is 2.66. The van der Waals surface area contributed by atoms with Crippen molar-refractivity contribution in [2.75, 3.05) is 10.6 Å². The van der Waals surface area contributed by atoms with Crippen molar-refractivity contribution in [3.05, 3.63) is 59.7 Å². The van der Waals surface area contributed by atoms with E-state index in [0.717, 1.165) is 18.7 Å². The van der Waals surface area contributed by atoms with E-state index in [4.69, 9.17) is 5.73 Å². The van der Waals surface area contributed by atoms with Gasteiger partial charge >= 0.3 is 0 Å². The van der Waals surface area contributed by atoms with E-state index < -0.39 is 0 Å². The van der Waals surface area contributed by atoms with Crippen LogP contribution in [0, 0.1) is 0 Å². The average molecular weight is 238 g/mol. The lowest BCUT2D eigenvalue weighted by atomic mass is 10.1. The zero-order valence-corrected chi connectivity index (χ0v) is 10.6. The number of nitrogens with two attached hydrogens (primary N) is 1. The normalized spacial score (nSPS) is 17.8. The van der Waals surface area contributed by atoms with Gasteiger partial charge in [-0.3, -0.25) is 0 Å². The van der Waals surface area contributed by atoms with Crippen molar-refractivity contribution in [1.82, 2.24) is 0 Å². The predicted octanol–water partition coefficient (Wildman–Crippen LogP) is 3.22. The van der Waals surface area contributed by atoms with E-state index in [1.165, 1.54) is 16.8 Å². The smallest absolute Gasteiger partial charge is 0.0433 e. The fourth-order valence-corrected chi connectivity index (χ4v) is 2.76. The van der Waals surface area contributed by atoms with Gasteiger partial charge in [-0.2, -0.15) is 0 Å². The molecule has 1 heterocycles. The van der Waals surface area contributed by atoms with Crippen LogP contribution in [0.4, 0.5) is 11.4 Å². The SMILES string of the molecule is CC1Cc2ccccc2N1Cc1cccc(N)c1. The first-order valence-electron chi connectivity index (χ1n) is 6.43. The molecule has 1 aliphatic rings. The third kappa shape index (κ3) is 1.94. The lowest BCUT2D eigenvalue weighted by Gasteiger charge is -2.25. The van der Waals surface area contributed by atoms with E-state index >= 15 is 0 Å². The van der Waals surface area contributed by atoms with Gasteiger partial charge in [-0.1, -0.05) is 30.3 Å². The molecular weight excluding hydrogens is 220 g/mol. The van der Waals surface area contributed by atoms with E-state index in [-0.39, 0.29) is 0 Å². The minimum absolute atomic E-state index is 0.559. The molecule has 0 radical (unpaired) electrons. The number of anilines is 2. The topological polar surface area (TPSA) is 29.3 Å². The number of hydrogen-bond donors (Lipinski definition) is 1. The van der Waals surface area contributed by atoms with E-state index in [9.17, 15) is 0 Å². The second kappa shape index (κ2) is 4.37. The molecular formula is C16H18N2. The Balaban J connectivity index is 1.89. The summed E-state index contributed by atoms with van der Waals surface area (Å²) in [5, 5.41) is 0. The second-order valence-electron chi connectivity index (χ2n) is 5.05. The van der Waals surface area contributed by atoms with Gasteiger partial charge in [0.2, 0.25) is 0 Å². The zero-order valence-electron chi connectivity index (χ0n) is 10.6. The van der Waals surface area contributed by atoms with Crippen LogP contribution in [0.5, 0.6) is 0 Å². The maximum absolute atomic E-state index is 5.84. The van der Waals surface area contributed by atoms with Crippen LogP contribution in [0.25, 0.3) is 0 Å². The lowest BCUT2D eigenvalue weighted by Crippen LogP contribution is -2.28. The summed E-state index contributed by atoms with van der Waals surface area (Å²) < 4.78 is 0. The number of hydrogen-bond acceptors (Lipinski definition) is 2. The third-order valence-electron chi connectivity index (χ3n) is 3.65. The molecule has 0 saturated carbocycles. The molecule has 0 bridgehead atoms. The third-order valence-corrected chi connectivity index (χ3v) is 3.65. The lowest BCUT2D eigenvalue weighted by molar-refractivity contribution is 0.672. The summed E-state index contributed by atoms with van der Waals surface area (Å²) in [5.74, 6) is 0. The molecule has 0 saturated heterocycles. The van der Waals surface area contributed by atoms with Gasteiger partial charge in [0.25, 0.3) is 0 Å². The molecule has 1 unspecified atom stereocenters. The maximum atomic E-state index is 5.84. The minimum atomic E-state index is 0.559. The van der Waals surface area contributed by atoms with Crippen LogP contribution in [0.2, 0.25) is 0 Å². The quantitative estimate of drug-likeness (QED) is 0.814. The Kier molecular flexibility index (Phi) is 2.71. The maximum Gasteiger partial charge on any atom is 0.0433 e. The number of nitrogen functional groups attached to an aromatic ring is 1. The van der Waals surface area contributed by atoms with Crippen LogP contribution >= 0.6 is 0 Å². The first-order chi connectivity index (χ1) is 8.74. The van der Waals surface area contributed by atoms with Crippen LogP contribution in [-0.4, -0.2) is 6.04 Å². The summed E-state index contributed by atoms with van der Waals surface area (Å²) in [6.07, 6.45) is 1.14. The largest absolute Gasteiger partial charge is 0.399 e. The molecule has 2 heteroatoms. The van der Waals surface area contributed by atoms with E-state index in [1.807, 2.05) is 12.1 Å². The highest BCUT2D eigenvalue weighted by Crippen LogP contribution is 2.33. The molecule has 0 amide bonds. The van der Waals surface area contributed by atoms with Crippen molar-refractivity contribution in [3.63, 3.8) is 0 Å². The van der Waals surface area contributed by atoms with E-state index in [2.05, 4.69) is 48.2 Å². The molecule has 3 rings (SSSR count). The molecule has 0 spiro atoms. The first kappa shape index (κ1) is 11.1. The summed E-state index contributed by atoms with van der Waals surface area (Å²) in [6, 6.07) is 17.4. The molecule has 2 N–H and O–H groups in total. The summed E-state index contributed by atoms with van der Waals surface area (Å²) in [6.45, 7) is 3.22. The van der Waals surface area contributed by atoms with Gasteiger partial charge in [-0.25, -0.2) is 0 Å². The van der Waals surface area contributed by atoms with Crippen molar-refractivity contribution >= 4 is 11.4 Å². The van der Waals surface area contributed by atoms with Crippen LogP contribution in [0.15, 0.2) is 48.5 Å². The Morgan fingerprint density at radius 1 is 1.17 bits per heavy atom. The summed E-state index contributed by atoms with van der Waals surface area (Å²) >= 11 is 0. The summed E-state index contributed by atoms with van der Waals surface area (Å²) in [4.78, 5) is 2.46. The fourth-order valence-electron chi connectivity index (χ4n) is 2.76. The molecule has 2 nitrogen and oxygen atoms in total. The molecule has 2 aromatic rings. The van der Waals surface area contributed by atoms with Crippen LogP contribution in [0.1, 0.15) is 18.1 Å². The van der Waals surface area contributed by atoms with E-state index in [0.29, 0.717) is 6.04 Å². The monoisotopic (exact) mass is 238 g/mol. The highest BCUT2D eigenvalue weighted by Gasteiger charge is 2.25. The summed E-state index contributed by atoms with van der Waals surface area (Å²) in [5.41, 5.74) is 10.8. The Hall–Kier alpha value is -1.96. The van der Waals surface area contributed by atoms with Crippen LogP contribution in [0.3, 0.4) is 0 Å². The van der Waals surface area contributed by atoms with Gasteiger partial charge in [0.1, 0.15) is 0 Å². The number of benzene rings is 2. The van der Waals surface area contributed by atoms with Gasteiger partial charge in [-0.15, -0.1) is 0 Å². The van der Waals surface area contributed by atoms with Crippen LogP contribution < -0.4 is 10.6 Å². The predicted molar refractivity (Wildman–Crippen MR) is 76.6 cm³/mol. The number of para-hydroxylation sites is 1. The highest BCUT2D eigenvalue weighted by molar-refractivity contribution is 5.59. The van der Waals surface area contributed by atoms with Crippen molar-refractivity contribution < 1.29 is 0 Å². The van der Waals surface area contributed by atoms with Gasteiger partial charge < -0.3 is 10.6 Å². The Morgan fingerprint density at radius 3 is 2.83 bits per heavy atom. The molecule has 1 aliphatic heterocycles. The van der Waals surface area contributed by atoms with Crippen molar-refractivity contribution in [2.24, 2.45) is 0 Å². The first-order valence-corrected chi connectivity index (χ1v) is 6.43.